The van der Waals surface area contributed by atoms with Crippen LogP contribution in [-0.4, -0.2) is 19.0 Å². The number of nitrogens with one attached hydrogen (secondary N) is 1. The lowest BCUT2D eigenvalue weighted by atomic mass is 10.2. The molecule has 1 N–H and O–H groups in total. The van der Waals surface area contributed by atoms with Crippen molar-refractivity contribution in [3.05, 3.63) is 24.3 Å². The number of hydrogen-bond acceptors (Lipinski definition) is 2. The van der Waals surface area contributed by atoms with E-state index in [9.17, 15) is 4.79 Å². The van der Waals surface area contributed by atoms with Crippen LogP contribution in [0.15, 0.2) is 24.3 Å². The molecule has 0 heterocycles. The van der Waals surface area contributed by atoms with E-state index in [0.29, 0.717) is 0 Å². The second kappa shape index (κ2) is 7.82. The van der Waals surface area contributed by atoms with E-state index in [1.807, 2.05) is 26.0 Å². The molecule has 0 unspecified atom stereocenters. The van der Waals surface area contributed by atoms with Gasteiger partial charge in [-0.05, 0) is 37.1 Å². The summed E-state index contributed by atoms with van der Waals surface area (Å²) >= 11 is 0. The second-order valence-corrected chi connectivity index (χ2v) is 5.18. The first-order valence-electron chi connectivity index (χ1n) is 7.24. The Kier molecular flexibility index (Phi) is 6.40. The Morgan fingerprint density at radius 2 is 1.63 bits per heavy atom. The van der Waals surface area contributed by atoms with Crippen LogP contribution in [0.2, 0.25) is 0 Å². The Morgan fingerprint density at radius 1 is 1.11 bits per heavy atom. The van der Waals surface area contributed by atoms with Gasteiger partial charge in [0.15, 0.2) is 0 Å². The lowest BCUT2D eigenvalue weighted by Gasteiger charge is -2.24. The first-order chi connectivity index (χ1) is 9.08. The fourth-order valence-corrected chi connectivity index (χ4v) is 1.95. The first kappa shape index (κ1) is 15.5. The molecule has 1 aromatic carbocycles. The maximum absolute atomic E-state index is 11.6. The van der Waals surface area contributed by atoms with Gasteiger partial charge in [0.2, 0.25) is 5.91 Å². The van der Waals surface area contributed by atoms with Crippen LogP contribution in [0.3, 0.4) is 0 Å². The van der Waals surface area contributed by atoms with E-state index in [2.05, 4.69) is 36.2 Å². The molecule has 0 bridgehead atoms. The summed E-state index contributed by atoms with van der Waals surface area (Å²) in [4.78, 5) is 14.0. The van der Waals surface area contributed by atoms with E-state index in [-0.39, 0.29) is 11.8 Å². The van der Waals surface area contributed by atoms with E-state index in [4.69, 9.17) is 0 Å². The number of rotatable bonds is 7. The molecule has 0 atom stereocenters. The highest BCUT2D eigenvalue weighted by Gasteiger charge is 2.08. The maximum atomic E-state index is 11.6. The number of amides is 1. The van der Waals surface area contributed by atoms with Gasteiger partial charge < -0.3 is 10.2 Å². The van der Waals surface area contributed by atoms with Crippen molar-refractivity contribution in [3.8, 4) is 0 Å². The molecule has 0 radical (unpaired) electrons. The molecule has 0 aromatic heterocycles. The van der Waals surface area contributed by atoms with E-state index < -0.39 is 0 Å². The number of anilines is 2. The molecule has 1 amide bonds. The molecule has 1 aromatic rings. The summed E-state index contributed by atoms with van der Waals surface area (Å²) in [5.41, 5.74) is 2.10. The molecule has 0 fully saturated rings. The van der Waals surface area contributed by atoms with Gasteiger partial charge in [0.25, 0.3) is 0 Å². The van der Waals surface area contributed by atoms with Gasteiger partial charge in [-0.15, -0.1) is 0 Å². The predicted octanol–water partition coefficient (Wildman–Crippen LogP) is 3.91. The minimum Gasteiger partial charge on any atom is -0.372 e. The fourth-order valence-electron chi connectivity index (χ4n) is 1.95. The smallest absolute Gasteiger partial charge is 0.226 e. The Balaban J connectivity index is 2.71. The van der Waals surface area contributed by atoms with E-state index in [1.165, 1.54) is 5.69 Å². The third kappa shape index (κ3) is 4.93. The number of benzene rings is 1. The Hall–Kier alpha value is -1.51. The van der Waals surface area contributed by atoms with Crippen molar-refractivity contribution in [2.45, 2.75) is 40.5 Å². The number of carbonyl (C=O) groups excluding carboxylic acids is 1. The summed E-state index contributed by atoms with van der Waals surface area (Å²) in [5.74, 6) is 0.0723. The van der Waals surface area contributed by atoms with E-state index in [0.717, 1.165) is 31.6 Å². The van der Waals surface area contributed by atoms with Crippen molar-refractivity contribution in [1.82, 2.24) is 0 Å². The zero-order chi connectivity index (χ0) is 14.3. The predicted molar refractivity (Wildman–Crippen MR) is 82.7 cm³/mol. The first-order valence-corrected chi connectivity index (χ1v) is 7.24. The molecule has 0 aliphatic heterocycles. The van der Waals surface area contributed by atoms with Crippen LogP contribution in [0.4, 0.5) is 11.4 Å². The summed E-state index contributed by atoms with van der Waals surface area (Å²) in [6, 6.07) is 8.13. The van der Waals surface area contributed by atoms with Crippen LogP contribution in [0.25, 0.3) is 0 Å². The van der Waals surface area contributed by atoms with Gasteiger partial charge in [0.05, 0.1) is 0 Å². The molecule has 0 saturated carbocycles. The molecule has 19 heavy (non-hydrogen) atoms. The summed E-state index contributed by atoms with van der Waals surface area (Å²) < 4.78 is 0. The molecular weight excluding hydrogens is 236 g/mol. The fraction of sp³-hybridized carbons (Fsp3) is 0.562. The molecule has 106 valence electrons. The minimum atomic E-state index is 0.0105. The van der Waals surface area contributed by atoms with Crippen molar-refractivity contribution in [1.29, 1.82) is 0 Å². The average molecular weight is 262 g/mol. The van der Waals surface area contributed by atoms with Crippen molar-refractivity contribution >= 4 is 17.3 Å². The maximum Gasteiger partial charge on any atom is 0.226 e. The van der Waals surface area contributed by atoms with Gasteiger partial charge >= 0.3 is 0 Å². The third-order valence-corrected chi connectivity index (χ3v) is 3.01. The summed E-state index contributed by atoms with van der Waals surface area (Å²) in [5, 5.41) is 2.91. The Labute approximate surface area is 117 Å². The van der Waals surface area contributed by atoms with Crippen molar-refractivity contribution < 1.29 is 4.79 Å². The topological polar surface area (TPSA) is 32.3 Å². The van der Waals surface area contributed by atoms with Gasteiger partial charge in [-0.25, -0.2) is 0 Å². The minimum absolute atomic E-state index is 0.0105. The van der Waals surface area contributed by atoms with Crippen molar-refractivity contribution in [2.24, 2.45) is 5.92 Å². The molecule has 3 heteroatoms. The third-order valence-electron chi connectivity index (χ3n) is 3.01. The van der Waals surface area contributed by atoms with Crippen LogP contribution < -0.4 is 10.2 Å². The SMILES string of the molecule is CCCN(CCC)c1ccc(NC(=O)C(C)C)cc1. The monoisotopic (exact) mass is 262 g/mol. The molecule has 0 spiro atoms. The average Bonchev–Trinajstić information content (AvgIpc) is 2.39. The molecule has 0 saturated heterocycles. The summed E-state index contributed by atoms with van der Waals surface area (Å²) in [6.07, 6.45) is 2.29. The molecule has 0 aliphatic carbocycles. The molecule has 1 rings (SSSR count). The highest BCUT2D eigenvalue weighted by molar-refractivity contribution is 5.92. The van der Waals surface area contributed by atoms with Crippen LogP contribution in [0.5, 0.6) is 0 Å². The van der Waals surface area contributed by atoms with Gasteiger partial charge in [0, 0.05) is 30.4 Å². The molecular formula is C16H26N2O. The van der Waals surface area contributed by atoms with E-state index >= 15 is 0 Å². The summed E-state index contributed by atoms with van der Waals surface area (Å²) in [7, 11) is 0. The molecule has 3 nitrogen and oxygen atoms in total. The van der Waals surface area contributed by atoms with Gasteiger partial charge in [-0.2, -0.15) is 0 Å². The highest BCUT2D eigenvalue weighted by atomic mass is 16.1. The largest absolute Gasteiger partial charge is 0.372 e. The highest BCUT2D eigenvalue weighted by Crippen LogP contribution is 2.19. The number of nitrogens with zero attached hydrogens (tertiary/aromatic N) is 1. The van der Waals surface area contributed by atoms with Crippen molar-refractivity contribution in [2.75, 3.05) is 23.3 Å². The number of carbonyl (C=O) groups is 1. The quantitative estimate of drug-likeness (QED) is 0.808. The van der Waals surface area contributed by atoms with Gasteiger partial charge in [-0.3, -0.25) is 4.79 Å². The lowest BCUT2D eigenvalue weighted by Crippen LogP contribution is -2.24. The standard InChI is InChI=1S/C16H26N2O/c1-5-11-18(12-6-2)15-9-7-14(8-10-15)17-16(19)13(3)4/h7-10,13H,5-6,11-12H2,1-4H3,(H,17,19). The lowest BCUT2D eigenvalue weighted by molar-refractivity contribution is -0.118. The molecule has 0 aliphatic rings. The van der Waals surface area contributed by atoms with Crippen molar-refractivity contribution in [3.63, 3.8) is 0 Å². The second-order valence-electron chi connectivity index (χ2n) is 5.18. The number of hydrogen-bond donors (Lipinski definition) is 1. The van der Waals surface area contributed by atoms with Crippen LogP contribution in [0.1, 0.15) is 40.5 Å². The zero-order valence-electron chi connectivity index (χ0n) is 12.6. The van der Waals surface area contributed by atoms with Gasteiger partial charge in [-0.1, -0.05) is 27.7 Å². The van der Waals surface area contributed by atoms with E-state index in [1.54, 1.807) is 0 Å². The normalized spacial score (nSPS) is 10.6. The summed E-state index contributed by atoms with van der Waals surface area (Å²) in [6.45, 7) is 10.3. The zero-order valence-corrected chi connectivity index (χ0v) is 12.6. The van der Waals surface area contributed by atoms with Crippen LogP contribution in [0, 0.1) is 5.92 Å². The van der Waals surface area contributed by atoms with Crippen LogP contribution >= 0.6 is 0 Å². The Morgan fingerprint density at radius 3 is 2.05 bits per heavy atom. The van der Waals surface area contributed by atoms with Gasteiger partial charge in [0.1, 0.15) is 0 Å². The van der Waals surface area contributed by atoms with Crippen LogP contribution in [-0.2, 0) is 4.79 Å². The Bertz CT molecular complexity index is 378.